The molecule has 24 heavy (non-hydrogen) atoms. The maximum absolute atomic E-state index is 12.2. The lowest BCUT2D eigenvalue weighted by molar-refractivity contribution is -0.0258. The monoisotopic (exact) mass is 356 g/mol. The number of unbranched alkanes of at least 4 members (excludes halogenated alkanes) is 3. The zero-order chi connectivity index (χ0) is 18.2. The second-order valence-electron chi connectivity index (χ2n) is 5.85. The number of carbonyl (C=O) groups excluding carboxylic acids is 1. The number of rotatable bonds is 10. The Labute approximate surface area is 145 Å². The zero-order valence-electron chi connectivity index (χ0n) is 14.9. The van der Waals surface area contributed by atoms with Crippen LogP contribution in [0.15, 0.2) is 29.2 Å². The van der Waals surface area contributed by atoms with Crippen LogP contribution in [-0.4, -0.2) is 39.0 Å². The lowest BCUT2D eigenvalue weighted by atomic mass is 10.1. The lowest BCUT2D eigenvalue weighted by Crippen LogP contribution is -2.32. The average molecular weight is 356 g/mol. The SMILES string of the molecule is CCCCCCC(C)NC(=O)c1ccc(S(=O)(=O)N(C)OC)cc1. The molecule has 0 aliphatic rings. The molecule has 0 spiro atoms. The fraction of sp³-hybridized carbons (Fsp3) is 0.588. The van der Waals surface area contributed by atoms with Crippen molar-refractivity contribution in [1.29, 1.82) is 0 Å². The molecule has 0 fully saturated rings. The van der Waals surface area contributed by atoms with Crippen molar-refractivity contribution < 1.29 is 18.0 Å². The lowest BCUT2D eigenvalue weighted by Gasteiger charge is -2.15. The highest BCUT2D eigenvalue weighted by molar-refractivity contribution is 7.89. The number of hydroxylamine groups is 1. The molecule has 1 aromatic rings. The molecule has 1 aromatic carbocycles. The second kappa shape index (κ2) is 9.76. The van der Waals surface area contributed by atoms with Crippen LogP contribution in [0.2, 0.25) is 0 Å². The standard InChI is InChI=1S/C17H28N2O4S/c1-5-6-7-8-9-14(2)18-17(20)15-10-12-16(13-11-15)24(21,22)19(3)23-4/h10-14H,5-9H2,1-4H3,(H,18,20). The van der Waals surface area contributed by atoms with Gasteiger partial charge >= 0.3 is 0 Å². The summed E-state index contributed by atoms with van der Waals surface area (Å²) in [5.74, 6) is -0.193. The molecule has 1 amide bonds. The number of hydrogen-bond acceptors (Lipinski definition) is 4. The molecule has 1 atom stereocenters. The minimum absolute atomic E-state index is 0.0796. The van der Waals surface area contributed by atoms with Gasteiger partial charge < -0.3 is 5.32 Å². The summed E-state index contributed by atoms with van der Waals surface area (Å²) in [6.45, 7) is 4.15. The minimum atomic E-state index is -3.69. The first-order chi connectivity index (χ1) is 11.3. The molecule has 136 valence electrons. The molecule has 1 unspecified atom stereocenters. The molecule has 1 N–H and O–H groups in total. The van der Waals surface area contributed by atoms with Gasteiger partial charge in [0, 0.05) is 18.7 Å². The Morgan fingerprint density at radius 1 is 1.21 bits per heavy atom. The number of amides is 1. The number of nitrogens with zero attached hydrogens (tertiary/aromatic N) is 1. The van der Waals surface area contributed by atoms with Crippen LogP contribution in [0, 0.1) is 0 Å². The van der Waals surface area contributed by atoms with E-state index < -0.39 is 10.0 Å². The van der Waals surface area contributed by atoms with Crippen molar-refractivity contribution >= 4 is 15.9 Å². The Morgan fingerprint density at radius 3 is 2.38 bits per heavy atom. The molecule has 0 saturated heterocycles. The highest BCUT2D eigenvalue weighted by Gasteiger charge is 2.21. The third kappa shape index (κ3) is 5.89. The van der Waals surface area contributed by atoms with E-state index in [-0.39, 0.29) is 16.8 Å². The number of carbonyl (C=O) groups is 1. The first kappa shape index (κ1) is 20.6. The van der Waals surface area contributed by atoms with Crippen molar-refractivity contribution in [3.63, 3.8) is 0 Å². The summed E-state index contributed by atoms with van der Waals surface area (Å²) in [5, 5.41) is 2.94. The van der Waals surface area contributed by atoms with Crippen LogP contribution in [0.5, 0.6) is 0 Å². The number of hydrogen-bond donors (Lipinski definition) is 1. The summed E-state index contributed by atoms with van der Waals surface area (Å²) in [7, 11) is -1.10. The van der Waals surface area contributed by atoms with E-state index in [0.717, 1.165) is 17.3 Å². The summed E-state index contributed by atoms with van der Waals surface area (Å²) in [5.41, 5.74) is 0.439. The largest absolute Gasteiger partial charge is 0.350 e. The second-order valence-corrected chi connectivity index (χ2v) is 7.78. The van der Waals surface area contributed by atoms with E-state index in [1.165, 1.54) is 57.7 Å². The smallest absolute Gasteiger partial charge is 0.264 e. The van der Waals surface area contributed by atoms with Crippen LogP contribution >= 0.6 is 0 Å². The van der Waals surface area contributed by atoms with Gasteiger partial charge in [-0.3, -0.25) is 9.63 Å². The summed E-state index contributed by atoms with van der Waals surface area (Å²) < 4.78 is 25.0. The minimum Gasteiger partial charge on any atom is -0.350 e. The Hall–Kier alpha value is -1.44. The van der Waals surface area contributed by atoms with Crippen LogP contribution in [0.1, 0.15) is 56.3 Å². The number of sulfonamides is 1. The van der Waals surface area contributed by atoms with Crippen LogP contribution in [-0.2, 0) is 14.9 Å². The Morgan fingerprint density at radius 2 is 1.83 bits per heavy atom. The van der Waals surface area contributed by atoms with E-state index in [4.69, 9.17) is 4.84 Å². The van der Waals surface area contributed by atoms with Crippen molar-refractivity contribution in [1.82, 2.24) is 9.79 Å². The molecule has 0 aliphatic heterocycles. The first-order valence-electron chi connectivity index (χ1n) is 8.26. The molecule has 0 heterocycles. The van der Waals surface area contributed by atoms with Crippen LogP contribution in [0.4, 0.5) is 0 Å². The summed E-state index contributed by atoms with van der Waals surface area (Å²) >= 11 is 0. The highest BCUT2D eigenvalue weighted by atomic mass is 32.2. The van der Waals surface area contributed by atoms with Crippen LogP contribution in [0.3, 0.4) is 0 Å². The fourth-order valence-corrected chi connectivity index (χ4v) is 3.25. The van der Waals surface area contributed by atoms with E-state index in [2.05, 4.69) is 12.2 Å². The van der Waals surface area contributed by atoms with Gasteiger partial charge in [0.05, 0.1) is 12.0 Å². The third-order valence-electron chi connectivity index (χ3n) is 3.88. The predicted molar refractivity (Wildman–Crippen MR) is 94.1 cm³/mol. The Balaban J connectivity index is 2.64. The van der Waals surface area contributed by atoms with Gasteiger partial charge in [-0.15, -0.1) is 0 Å². The van der Waals surface area contributed by atoms with E-state index in [9.17, 15) is 13.2 Å². The van der Waals surface area contributed by atoms with Gasteiger partial charge in [-0.2, -0.15) is 0 Å². The molecule has 1 rings (SSSR count). The van der Waals surface area contributed by atoms with E-state index >= 15 is 0 Å². The van der Waals surface area contributed by atoms with Gasteiger partial charge in [-0.05, 0) is 37.6 Å². The van der Waals surface area contributed by atoms with E-state index in [1.807, 2.05) is 6.92 Å². The molecule has 0 saturated carbocycles. The average Bonchev–Trinajstić information content (AvgIpc) is 2.58. The van der Waals surface area contributed by atoms with Crippen molar-refractivity contribution in [2.24, 2.45) is 0 Å². The van der Waals surface area contributed by atoms with Gasteiger partial charge in [-0.1, -0.05) is 37.1 Å². The van der Waals surface area contributed by atoms with Crippen molar-refractivity contribution in [2.45, 2.75) is 56.9 Å². The maximum atomic E-state index is 12.2. The van der Waals surface area contributed by atoms with E-state index in [0.29, 0.717) is 5.56 Å². The fourth-order valence-electron chi connectivity index (χ4n) is 2.28. The molecule has 0 bridgehead atoms. The molecule has 0 aromatic heterocycles. The van der Waals surface area contributed by atoms with Crippen LogP contribution in [0.25, 0.3) is 0 Å². The predicted octanol–water partition coefficient (Wildman–Crippen LogP) is 2.96. The Bertz CT molecular complexity index is 614. The molecular weight excluding hydrogens is 328 g/mol. The summed E-state index contributed by atoms with van der Waals surface area (Å²) in [6.07, 6.45) is 5.61. The Kier molecular flexibility index (Phi) is 8.38. The molecular formula is C17H28N2O4S. The summed E-state index contributed by atoms with van der Waals surface area (Å²) in [4.78, 5) is 17.0. The van der Waals surface area contributed by atoms with Gasteiger partial charge in [0.15, 0.2) is 0 Å². The molecule has 6 nitrogen and oxygen atoms in total. The van der Waals surface area contributed by atoms with Gasteiger partial charge in [0.2, 0.25) is 0 Å². The summed E-state index contributed by atoms with van der Waals surface area (Å²) in [6, 6.07) is 5.93. The quantitative estimate of drug-likeness (QED) is 0.516. The number of nitrogens with one attached hydrogen (secondary N) is 1. The van der Waals surface area contributed by atoms with Crippen LogP contribution < -0.4 is 5.32 Å². The maximum Gasteiger partial charge on any atom is 0.264 e. The van der Waals surface area contributed by atoms with Crippen molar-refractivity contribution in [3.05, 3.63) is 29.8 Å². The first-order valence-corrected chi connectivity index (χ1v) is 9.71. The van der Waals surface area contributed by atoms with E-state index in [1.54, 1.807) is 0 Å². The molecule has 0 radical (unpaired) electrons. The van der Waals surface area contributed by atoms with Crippen molar-refractivity contribution in [2.75, 3.05) is 14.2 Å². The zero-order valence-corrected chi connectivity index (χ0v) is 15.7. The highest BCUT2D eigenvalue weighted by Crippen LogP contribution is 2.15. The topological polar surface area (TPSA) is 75.7 Å². The van der Waals surface area contributed by atoms with Gasteiger partial charge in [0.1, 0.15) is 0 Å². The molecule has 0 aliphatic carbocycles. The van der Waals surface area contributed by atoms with Crippen molar-refractivity contribution in [3.8, 4) is 0 Å². The normalized spacial score (nSPS) is 13.0. The van der Waals surface area contributed by atoms with Gasteiger partial charge in [-0.25, -0.2) is 8.42 Å². The molecule has 7 heteroatoms. The third-order valence-corrected chi connectivity index (χ3v) is 5.57. The number of benzene rings is 1. The van der Waals surface area contributed by atoms with Gasteiger partial charge in [0.25, 0.3) is 15.9 Å².